The summed E-state index contributed by atoms with van der Waals surface area (Å²) in [5.41, 5.74) is 2.55. The number of likely N-dealkylation sites (N-methyl/N-ethyl adjacent to an activating group) is 1. The van der Waals surface area contributed by atoms with E-state index in [-0.39, 0.29) is 17.9 Å². The average Bonchev–Trinajstić information content (AvgIpc) is 2.81. The molecule has 0 bridgehead atoms. The number of piperazine rings is 1. The monoisotopic (exact) mass is 427 g/mol. The highest BCUT2D eigenvalue weighted by atomic mass is 16.2. The lowest BCUT2D eigenvalue weighted by molar-refractivity contribution is -0.120. The first-order valence-electron chi connectivity index (χ1n) is 12.0. The van der Waals surface area contributed by atoms with Crippen molar-refractivity contribution in [2.45, 2.75) is 45.1 Å². The van der Waals surface area contributed by atoms with Gasteiger partial charge in [0.25, 0.3) is 5.91 Å². The van der Waals surface area contributed by atoms with Crippen molar-refractivity contribution in [3.05, 3.63) is 23.8 Å². The first-order valence-corrected chi connectivity index (χ1v) is 12.0. The summed E-state index contributed by atoms with van der Waals surface area (Å²) in [5.74, 6) is 0.0842. The summed E-state index contributed by atoms with van der Waals surface area (Å²) in [7, 11) is 1.83. The normalized spacial score (nSPS) is 22.3. The maximum Gasteiger partial charge on any atom is 0.251 e. The van der Waals surface area contributed by atoms with E-state index >= 15 is 0 Å². The lowest BCUT2D eigenvalue weighted by atomic mass is 9.96. The Labute approximate surface area is 186 Å². The minimum Gasteiger partial charge on any atom is -0.358 e. The van der Waals surface area contributed by atoms with Crippen molar-refractivity contribution in [1.82, 2.24) is 15.1 Å². The number of fused-ring (bicyclic) bond motifs is 3. The molecule has 3 aliphatic rings. The molecule has 2 amide bonds. The van der Waals surface area contributed by atoms with E-state index < -0.39 is 0 Å². The fourth-order valence-corrected chi connectivity index (χ4v) is 5.15. The van der Waals surface area contributed by atoms with Crippen molar-refractivity contribution >= 4 is 23.2 Å². The molecule has 7 nitrogen and oxygen atoms in total. The van der Waals surface area contributed by atoms with Gasteiger partial charge in [-0.05, 0) is 63.4 Å². The number of nitrogens with zero attached hydrogens (tertiary/aromatic N) is 4. The smallest absolute Gasteiger partial charge is 0.251 e. The van der Waals surface area contributed by atoms with Gasteiger partial charge >= 0.3 is 0 Å². The van der Waals surface area contributed by atoms with Crippen LogP contribution in [0.25, 0.3) is 0 Å². The molecular formula is C24H37N5O2. The van der Waals surface area contributed by atoms with Gasteiger partial charge in [0.15, 0.2) is 0 Å². The van der Waals surface area contributed by atoms with Gasteiger partial charge in [0, 0.05) is 51.9 Å². The van der Waals surface area contributed by atoms with E-state index in [2.05, 4.69) is 26.9 Å². The van der Waals surface area contributed by atoms with Crippen LogP contribution >= 0.6 is 0 Å². The van der Waals surface area contributed by atoms with Crippen molar-refractivity contribution < 1.29 is 9.59 Å². The number of hydrogen-bond donors (Lipinski definition) is 1. The van der Waals surface area contributed by atoms with Gasteiger partial charge in [-0.25, -0.2) is 0 Å². The molecule has 0 saturated carbocycles. The summed E-state index contributed by atoms with van der Waals surface area (Å²) in [4.78, 5) is 34.5. The molecule has 3 aliphatic heterocycles. The van der Waals surface area contributed by atoms with Crippen molar-refractivity contribution in [3.8, 4) is 0 Å². The third-order valence-corrected chi connectivity index (χ3v) is 6.97. The summed E-state index contributed by atoms with van der Waals surface area (Å²) in [6.07, 6.45) is 5.31. The summed E-state index contributed by atoms with van der Waals surface area (Å²) in [6.45, 7) is 10.6. The maximum atomic E-state index is 12.8. The summed E-state index contributed by atoms with van der Waals surface area (Å²) in [6, 6.07) is 5.74. The molecule has 1 N–H and O–H groups in total. The van der Waals surface area contributed by atoms with Crippen LogP contribution in [-0.4, -0.2) is 87.1 Å². The van der Waals surface area contributed by atoms with Crippen LogP contribution in [0.5, 0.6) is 0 Å². The molecule has 1 aromatic rings. The van der Waals surface area contributed by atoms with E-state index in [1.165, 1.54) is 13.0 Å². The Morgan fingerprint density at radius 2 is 1.77 bits per heavy atom. The van der Waals surface area contributed by atoms with Crippen LogP contribution in [-0.2, 0) is 4.79 Å². The molecule has 0 aliphatic carbocycles. The molecule has 0 aromatic heterocycles. The number of carbonyl (C=O) groups excluding carboxylic acids is 2. The van der Waals surface area contributed by atoms with Gasteiger partial charge in [0.2, 0.25) is 5.91 Å². The van der Waals surface area contributed by atoms with E-state index in [1.54, 1.807) is 4.90 Å². The van der Waals surface area contributed by atoms with Gasteiger partial charge in [-0.15, -0.1) is 0 Å². The van der Waals surface area contributed by atoms with Crippen molar-refractivity contribution in [1.29, 1.82) is 0 Å². The van der Waals surface area contributed by atoms with Crippen LogP contribution < -0.4 is 15.1 Å². The highest BCUT2D eigenvalue weighted by Gasteiger charge is 2.38. The predicted octanol–water partition coefficient (Wildman–Crippen LogP) is 2.17. The SMILES string of the molecule is CCCN1CCN(CCCNC(=O)c2ccc3c(c2)N(C)C(=O)C2CCCCN32)CC1. The first-order chi connectivity index (χ1) is 15.1. The van der Waals surface area contributed by atoms with Gasteiger partial charge in [-0.1, -0.05) is 6.92 Å². The van der Waals surface area contributed by atoms with E-state index in [1.807, 2.05) is 25.2 Å². The third kappa shape index (κ3) is 4.88. The van der Waals surface area contributed by atoms with E-state index in [0.717, 1.165) is 76.3 Å². The van der Waals surface area contributed by atoms with Gasteiger partial charge in [0.05, 0.1) is 11.4 Å². The fourth-order valence-electron chi connectivity index (χ4n) is 5.15. The molecule has 2 saturated heterocycles. The number of hydrogen-bond acceptors (Lipinski definition) is 5. The molecule has 3 heterocycles. The Balaban J connectivity index is 1.28. The van der Waals surface area contributed by atoms with Gasteiger partial charge in [0.1, 0.15) is 6.04 Å². The van der Waals surface area contributed by atoms with Gasteiger partial charge < -0.3 is 24.9 Å². The van der Waals surface area contributed by atoms with Gasteiger partial charge in [-0.2, -0.15) is 0 Å². The van der Waals surface area contributed by atoms with E-state index in [0.29, 0.717) is 12.1 Å². The zero-order valence-corrected chi connectivity index (χ0v) is 19.1. The Morgan fingerprint density at radius 3 is 2.52 bits per heavy atom. The highest BCUT2D eigenvalue weighted by Crippen LogP contribution is 2.39. The van der Waals surface area contributed by atoms with Crippen LogP contribution in [0.1, 0.15) is 49.4 Å². The molecule has 0 radical (unpaired) electrons. The molecule has 1 atom stereocenters. The summed E-state index contributed by atoms with van der Waals surface area (Å²) < 4.78 is 0. The first kappa shape index (κ1) is 22.1. The Hall–Kier alpha value is -2.12. The lowest BCUT2D eigenvalue weighted by Gasteiger charge is -2.44. The van der Waals surface area contributed by atoms with E-state index in [9.17, 15) is 9.59 Å². The van der Waals surface area contributed by atoms with Crippen LogP contribution in [0, 0.1) is 0 Å². The molecule has 7 heteroatoms. The highest BCUT2D eigenvalue weighted by molar-refractivity contribution is 6.07. The van der Waals surface area contributed by atoms with Crippen molar-refractivity contribution in [2.75, 3.05) is 69.2 Å². The van der Waals surface area contributed by atoms with Crippen LogP contribution in [0.4, 0.5) is 11.4 Å². The summed E-state index contributed by atoms with van der Waals surface area (Å²) >= 11 is 0. The predicted molar refractivity (Wildman–Crippen MR) is 125 cm³/mol. The van der Waals surface area contributed by atoms with Crippen molar-refractivity contribution in [2.24, 2.45) is 0 Å². The van der Waals surface area contributed by atoms with Crippen LogP contribution in [0.3, 0.4) is 0 Å². The number of nitrogens with one attached hydrogen (secondary N) is 1. The fraction of sp³-hybridized carbons (Fsp3) is 0.667. The minimum absolute atomic E-state index is 0.0465. The second kappa shape index (κ2) is 10.0. The number of carbonyl (C=O) groups is 2. The molecule has 1 aromatic carbocycles. The van der Waals surface area contributed by atoms with Gasteiger partial charge in [-0.3, -0.25) is 9.59 Å². The minimum atomic E-state index is -0.0582. The Kier molecular flexibility index (Phi) is 7.13. The Bertz CT molecular complexity index is 790. The molecule has 1 unspecified atom stereocenters. The van der Waals surface area contributed by atoms with Crippen LogP contribution in [0.2, 0.25) is 0 Å². The number of amides is 2. The number of anilines is 2. The topological polar surface area (TPSA) is 59.1 Å². The lowest BCUT2D eigenvalue weighted by Crippen LogP contribution is -2.54. The quantitative estimate of drug-likeness (QED) is 0.676. The molecule has 2 fully saturated rings. The largest absolute Gasteiger partial charge is 0.358 e. The maximum absolute atomic E-state index is 12.8. The summed E-state index contributed by atoms with van der Waals surface area (Å²) in [5, 5.41) is 3.06. The molecule has 31 heavy (non-hydrogen) atoms. The average molecular weight is 428 g/mol. The second-order valence-electron chi connectivity index (χ2n) is 9.10. The number of piperidine rings is 1. The molecule has 170 valence electrons. The third-order valence-electron chi connectivity index (χ3n) is 6.97. The number of benzene rings is 1. The number of rotatable bonds is 7. The standard InChI is InChI=1S/C24H37N5O2/c1-3-11-27-14-16-28(17-15-27)12-6-10-25-23(30)19-8-9-20-22(18-19)26(2)24(31)21-7-4-5-13-29(20)21/h8-9,18,21H,3-7,10-17H2,1-2H3,(H,25,30). The van der Waals surface area contributed by atoms with E-state index in [4.69, 9.17) is 0 Å². The zero-order valence-electron chi connectivity index (χ0n) is 19.1. The Morgan fingerprint density at radius 1 is 1.03 bits per heavy atom. The molecule has 0 spiro atoms. The second-order valence-corrected chi connectivity index (χ2v) is 9.10. The molecular weight excluding hydrogens is 390 g/mol. The molecule has 4 rings (SSSR count). The van der Waals surface area contributed by atoms with Crippen molar-refractivity contribution in [3.63, 3.8) is 0 Å². The zero-order chi connectivity index (χ0) is 21.8. The van der Waals surface area contributed by atoms with Crippen LogP contribution in [0.15, 0.2) is 18.2 Å².